The Labute approximate surface area is 105 Å². The van der Waals surface area contributed by atoms with E-state index in [1.54, 1.807) is 30.5 Å². The number of nitrogens with zero attached hydrogens (tertiary/aromatic N) is 1. The van der Waals surface area contributed by atoms with E-state index in [0.717, 1.165) is 10.9 Å². The van der Waals surface area contributed by atoms with Gasteiger partial charge >= 0.3 is 0 Å². The second-order valence-corrected chi connectivity index (χ2v) is 5.74. The van der Waals surface area contributed by atoms with Crippen LogP contribution in [0.4, 0.5) is 5.69 Å². The van der Waals surface area contributed by atoms with Gasteiger partial charge in [0.25, 0.3) is 0 Å². The van der Waals surface area contributed by atoms with Crippen LogP contribution in [0.2, 0.25) is 0 Å². The van der Waals surface area contributed by atoms with E-state index >= 15 is 0 Å². The van der Waals surface area contributed by atoms with Gasteiger partial charge in [0, 0.05) is 23.2 Å². The Kier molecular flexibility index (Phi) is 3.49. The van der Waals surface area contributed by atoms with Crippen molar-refractivity contribution in [3.05, 3.63) is 36.5 Å². The van der Waals surface area contributed by atoms with Gasteiger partial charge < -0.3 is 0 Å². The smallest absolute Gasteiger partial charge is 0.233 e. The summed E-state index contributed by atoms with van der Waals surface area (Å²) in [5.74, 6) is -0.0237. The maximum Gasteiger partial charge on any atom is 0.233 e. The van der Waals surface area contributed by atoms with Gasteiger partial charge in [0.15, 0.2) is 0 Å². The standard InChI is InChI=1S/C11H11ClN2O2S/c12-5-7-17(15,16)14-10-3-4-11-9(8-10)2-1-6-13-11/h1-4,6,8,14H,5,7H2. The van der Waals surface area contributed by atoms with E-state index in [1.165, 1.54) is 0 Å². The van der Waals surface area contributed by atoms with Crippen LogP contribution in [-0.4, -0.2) is 25.0 Å². The molecule has 0 spiro atoms. The van der Waals surface area contributed by atoms with Crippen LogP contribution in [0.3, 0.4) is 0 Å². The van der Waals surface area contributed by atoms with Crippen molar-refractivity contribution in [3.63, 3.8) is 0 Å². The lowest BCUT2D eigenvalue weighted by Crippen LogP contribution is -2.17. The Morgan fingerprint density at radius 1 is 1.29 bits per heavy atom. The molecule has 0 unspecified atom stereocenters. The number of sulfonamides is 1. The lowest BCUT2D eigenvalue weighted by atomic mass is 10.2. The highest BCUT2D eigenvalue weighted by molar-refractivity contribution is 7.92. The van der Waals surface area contributed by atoms with Gasteiger partial charge in [-0.1, -0.05) is 6.07 Å². The molecule has 0 saturated heterocycles. The number of pyridine rings is 1. The number of benzene rings is 1. The van der Waals surface area contributed by atoms with E-state index in [9.17, 15) is 8.42 Å². The van der Waals surface area contributed by atoms with E-state index in [0.29, 0.717) is 5.69 Å². The molecular formula is C11H11ClN2O2S. The molecule has 0 aliphatic heterocycles. The highest BCUT2D eigenvalue weighted by Crippen LogP contribution is 2.17. The number of fused-ring (bicyclic) bond motifs is 1. The lowest BCUT2D eigenvalue weighted by Gasteiger charge is -2.07. The van der Waals surface area contributed by atoms with Crippen LogP contribution >= 0.6 is 11.6 Å². The minimum absolute atomic E-state index is 0.0739. The third kappa shape index (κ3) is 3.08. The Morgan fingerprint density at radius 2 is 2.12 bits per heavy atom. The molecule has 1 aromatic carbocycles. The highest BCUT2D eigenvalue weighted by atomic mass is 35.5. The van der Waals surface area contributed by atoms with Crippen molar-refractivity contribution in [2.75, 3.05) is 16.4 Å². The first-order chi connectivity index (χ1) is 8.11. The summed E-state index contributed by atoms with van der Waals surface area (Å²) >= 11 is 5.42. The molecule has 1 aromatic heterocycles. The minimum Gasteiger partial charge on any atom is -0.283 e. The van der Waals surface area contributed by atoms with E-state index in [2.05, 4.69) is 9.71 Å². The van der Waals surface area contributed by atoms with Crippen molar-refractivity contribution >= 4 is 38.2 Å². The van der Waals surface area contributed by atoms with Gasteiger partial charge in [-0.25, -0.2) is 8.42 Å². The van der Waals surface area contributed by atoms with E-state index in [4.69, 9.17) is 11.6 Å². The molecular weight excluding hydrogens is 260 g/mol. The van der Waals surface area contributed by atoms with Gasteiger partial charge in [-0.3, -0.25) is 9.71 Å². The molecule has 1 heterocycles. The zero-order valence-electron chi connectivity index (χ0n) is 8.93. The summed E-state index contributed by atoms with van der Waals surface area (Å²) < 4.78 is 25.5. The summed E-state index contributed by atoms with van der Waals surface area (Å²) in [6.45, 7) is 0. The van der Waals surface area contributed by atoms with Gasteiger partial charge in [0.1, 0.15) is 0 Å². The van der Waals surface area contributed by atoms with Crippen molar-refractivity contribution in [3.8, 4) is 0 Å². The van der Waals surface area contributed by atoms with Crippen molar-refractivity contribution in [1.82, 2.24) is 4.98 Å². The zero-order valence-corrected chi connectivity index (χ0v) is 10.5. The number of nitrogens with one attached hydrogen (secondary N) is 1. The van der Waals surface area contributed by atoms with Crippen molar-refractivity contribution in [2.24, 2.45) is 0 Å². The van der Waals surface area contributed by atoms with Crippen LogP contribution in [0.5, 0.6) is 0 Å². The lowest BCUT2D eigenvalue weighted by molar-refractivity contribution is 0.602. The fourth-order valence-electron chi connectivity index (χ4n) is 1.47. The molecule has 0 aliphatic carbocycles. The minimum atomic E-state index is -3.36. The van der Waals surface area contributed by atoms with Crippen molar-refractivity contribution in [2.45, 2.75) is 0 Å². The number of anilines is 1. The zero-order chi connectivity index (χ0) is 12.3. The Morgan fingerprint density at radius 3 is 2.88 bits per heavy atom. The average molecular weight is 271 g/mol. The van der Waals surface area contributed by atoms with Crippen LogP contribution in [0.15, 0.2) is 36.5 Å². The summed E-state index contributed by atoms with van der Waals surface area (Å²) in [7, 11) is -3.36. The molecule has 0 radical (unpaired) electrons. The number of aromatic nitrogens is 1. The van der Waals surface area contributed by atoms with Crippen LogP contribution in [0, 0.1) is 0 Å². The number of alkyl halides is 1. The summed E-state index contributed by atoms with van der Waals surface area (Å²) in [5, 5.41) is 0.888. The molecule has 0 bridgehead atoms. The Hall–Kier alpha value is -1.33. The topological polar surface area (TPSA) is 59.1 Å². The molecule has 0 amide bonds. The molecule has 0 fully saturated rings. The fourth-order valence-corrected chi connectivity index (χ4v) is 2.87. The van der Waals surface area contributed by atoms with Crippen molar-refractivity contribution in [1.29, 1.82) is 0 Å². The van der Waals surface area contributed by atoms with Crippen LogP contribution in [0.25, 0.3) is 10.9 Å². The van der Waals surface area contributed by atoms with Gasteiger partial charge in [-0.15, -0.1) is 11.6 Å². The SMILES string of the molecule is O=S(=O)(CCCl)Nc1ccc2ncccc2c1. The molecule has 2 rings (SSSR count). The first-order valence-electron chi connectivity index (χ1n) is 5.02. The monoisotopic (exact) mass is 270 g/mol. The normalized spacial score (nSPS) is 11.6. The largest absolute Gasteiger partial charge is 0.283 e. The molecule has 2 aromatic rings. The summed E-state index contributed by atoms with van der Waals surface area (Å²) in [6, 6.07) is 8.88. The molecule has 0 atom stereocenters. The van der Waals surface area contributed by atoms with Crippen molar-refractivity contribution < 1.29 is 8.42 Å². The predicted molar refractivity (Wildman–Crippen MR) is 69.9 cm³/mol. The Bertz CT molecular complexity index is 628. The maximum absolute atomic E-state index is 11.5. The number of rotatable bonds is 4. The second kappa shape index (κ2) is 4.89. The van der Waals surface area contributed by atoms with Crippen LogP contribution in [-0.2, 0) is 10.0 Å². The van der Waals surface area contributed by atoms with Gasteiger partial charge in [-0.05, 0) is 24.3 Å². The van der Waals surface area contributed by atoms with Gasteiger partial charge in [0.2, 0.25) is 10.0 Å². The molecule has 90 valence electrons. The van der Waals surface area contributed by atoms with E-state index < -0.39 is 10.0 Å². The average Bonchev–Trinajstić information content (AvgIpc) is 2.28. The highest BCUT2D eigenvalue weighted by Gasteiger charge is 2.09. The molecule has 0 saturated carbocycles. The fraction of sp³-hybridized carbons (Fsp3) is 0.182. The second-order valence-electron chi connectivity index (χ2n) is 3.52. The molecule has 17 heavy (non-hydrogen) atoms. The van der Waals surface area contributed by atoms with Crippen LogP contribution in [0.1, 0.15) is 0 Å². The first-order valence-corrected chi connectivity index (χ1v) is 7.21. The van der Waals surface area contributed by atoms with E-state index in [-0.39, 0.29) is 11.6 Å². The number of hydrogen-bond donors (Lipinski definition) is 1. The summed E-state index contributed by atoms with van der Waals surface area (Å²) in [5.41, 5.74) is 1.35. The van der Waals surface area contributed by atoms with E-state index in [1.807, 2.05) is 6.07 Å². The summed E-state index contributed by atoms with van der Waals surface area (Å²) in [6.07, 6.45) is 1.69. The van der Waals surface area contributed by atoms with Gasteiger partial charge in [-0.2, -0.15) is 0 Å². The summed E-state index contributed by atoms with van der Waals surface area (Å²) in [4.78, 5) is 4.16. The maximum atomic E-state index is 11.5. The number of hydrogen-bond acceptors (Lipinski definition) is 3. The molecule has 6 heteroatoms. The Balaban J connectivity index is 2.31. The third-order valence-corrected chi connectivity index (χ3v) is 3.92. The quantitative estimate of drug-likeness (QED) is 0.867. The molecule has 0 aliphatic rings. The third-order valence-electron chi connectivity index (χ3n) is 2.22. The molecule has 4 nitrogen and oxygen atoms in total. The number of halogens is 1. The van der Waals surface area contributed by atoms with Crippen LogP contribution < -0.4 is 4.72 Å². The first kappa shape index (κ1) is 12.1. The predicted octanol–water partition coefficient (Wildman–Crippen LogP) is 2.22. The molecule has 1 N–H and O–H groups in total. The van der Waals surface area contributed by atoms with Gasteiger partial charge in [0.05, 0.1) is 11.3 Å².